The van der Waals surface area contributed by atoms with Gasteiger partial charge in [-0.15, -0.1) is 0 Å². The predicted octanol–water partition coefficient (Wildman–Crippen LogP) is 4.99. The van der Waals surface area contributed by atoms with Crippen LogP contribution >= 0.6 is 23.1 Å². The number of benzene rings is 1. The summed E-state index contributed by atoms with van der Waals surface area (Å²) >= 11 is 2.51. The second-order valence-electron chi connectivity index (χ2n) is 6.93. The Morgan fingerprint density at radius 2 is 1.86 bits per heavy atom. The molecule has 0 bridgehead atoms. The van der Waals surface area contributed by atoms with E-state index in [4.69, 9.17) is 4.74 Å². The van der Waals surface area contributed by atoms with Crippen molar-refractivity contribution in [2.45, 2.75) is 51.0 Å². The Balaban J connectivity index is 1.69. The minimum absolute atomic E-state index is 0.194. The number of fused-ring (bicyclic) bond motifs is 1. The Kier molecular flexibility index (Phi) is 6.54. The molecule has 1 unspecified atom stereocenters. The average Bonchev–Trinajstić information content (AvgIpc) is 3.01. The molecule has 8 heteroatoms. The molecule has 0 fully saturated rings. The summed E-state index contributed by atoms with van der Waals surface area (Å²) < 4.78 is 5.21. The number of aromatic nitrogens is 2. The molecule has 3 rings (SSSR count). The number of nitrogens with one attached hydrogen (secondary N) is 1. The fraction of sp³-hybridized carbons (Fsp3) is 0.333. The molecule has 3 aromatic rings. The van der Waals surface area contributed by atoms with Gasteiger partial charge in [-0.25, -0.2) is 14.8 Å². The molecule has 0 aliphatic heterocycles. The van der Waals surface area contributed by atoms with Gasteiger partial charge in [-0.1, -0.05) is 41.3 Å². The summed E-state index contributed by atoms with van der Waals surface area (Å²) in [5.41, 5.74) is 2.57. The third-order valence-corrected chi connectivity index (χ3v) is 6.19. The third-order valence-electron chi connectivity index (χ3n) is 4.12. The van der Waals surface area contributed by atoms with E-state index in [0.29, 0.717) is 15.7 Å². The smallest absolute Gasteiger partial charge is 0.350 e. The van der Waals surface area contributed by atoms with E-state index < -0.39 is 5.97 Å². The van der Waals surface area contributed by atoms with Gasteiger partial charge >= 0.3 is 5.97 Å². The number of amides is 1. The Morgan fingerprint density at radius 1 is 1.14 bits per heavy atom. The first kappa shape index (κ1) is 21.3. The molecule has 29 heavy (non-hydrogen) atoms. The van der Waals surface area contributed by atoms with Crippen LogP contribution < -0.4 is 5.32 Å². The molecule has 0 saturated carbocycles. The first-order valence-electron chi connectivity index (χ1n) is 9.27. The summed E-state index contributed by atoms with van der Waals surface area (Å²) in [6.45, 7) is 9.16. The van der Waals surface area contributed by atoms with Crippen LogP contribution in [0.2, 0.25) is 0 Å². The van der Waals surface area contributed by atoms with E-state index >= 15 is 0 Å². The highest BCUT2D eigenvalue weighted by molar-refractivity contribution is 8.00. The number of para-hydroxylation sites is 1. The molecule has 1 amide bonds. The number of rotatable bonds is 6. The molecule has 0 spiro atoms. The lowest BCUT2D eigenvalue weighted by molar-refractivity contribution is -0.115. The SMILES string of the molecule is Cc1nc(NC(=O)C(C)Sc2cc(C)c3ccccc3n2)sc1C(=O)OC(C)C. The molecule has 0 aliphatic rings. The molecule has 6 nitrogen and oxygen atoms in total. The van der Waals surface area contributed by atoms with E-state index in [0.717, 1.165) is 32.8 Å². The summed E-state index contributed by atoms with van der Waals surface area (Å²) in [5.74, 6) is -0.617. The first-order valence-corrected chi connectivity index (χ1v) is 11.0. The van der Waals surface area contributed by atoms with Crippen molar-refractivity contribution < 1.29 is 14.3 Å². The molecule has 0 saturated heterocycles. The fourth-order valence-electron chi connectivity index (χ4n) is 2.73. The van der Waals surface area contributed by atoms with Gasteiger partial charge in [0.15, 0.2) is 5.13 Å². The summed E-state index contributed by atoms with van der Waals surface area (Å²) in [4.78, 5) is 34.1. The largest absolute Gasteiger partial charge is 0.459 e. The number of nitrogens with zero attached hydrogens (tertiary/aromatic N) is 2. The molecule has 1 aromatic carbocycles. The van der Waals surface area contributed by atoms with Crippen molar-refractivity contribution in [2.75, 3.05) is 5.32 Å². The maximum absolute atomic E-state index is 12.6. The van der Waals surface area contributed by atoms with Gasteiger partial charge in [0.25, 0.3) is 0 Å². The molecule has 0 radical (unpaired) electrons. The summed E-state index contributed by atoms with van der Waals surface area (Å²) in [6.07, 6.45) is -0.212. The van der Waals surface area contributed by atoms with Crippen LogP contribution in [0.25, 0.3) is 10.9 Å². The maximum Gasteiger partial charge on any atom is 0.350 e. The first-order chi connectivity index (χ1) is 13.7. The molecule has 152 valence electrons. The Hall–Kier alpha value is -2.45. The monoisotopic (exact) mass is 429 g/mol. The third kappa shape index (κ3) is 5.13. The fourth-order valence-corrected chi connectivity index (χ4v) is 4.50. The highest BCUT2D eigenvalue weighted by atomic mass is 32.2. The van der Waals surface area contributed by atoms with E-state index in [2.05, 4.69) is 15.3 Å². The van der Waals surface area contributed by atoms with Crippen molar-refractivity contribution in [1.82, 2.24) is 9.97 Å². The number of hydrogen-bond acceptors (Lipinski definition) is 7. The van der Waals surface area contributed by atoms with Gasteiger partial charge in [-0.2, -0.15) is 0 Å². The van der Waals surface area contributed by atoms with Gasteiger partial charge < -0.3 is 10.1 Å². The van der Waals surface area contributed by atoms with Crippen molar-refractivity contribution in [3.8, 4) is 0 Å². The number of carbonyl (C=O) groups is 2. The van der Waals surface area contributed by atoms with Crippen molar-refractivity contribution >= 4 is 51.0 Å². The van der Waals surface area contributed by atoms with Crippen molar-refractivity contribution in [3.63, 3.8) is 0 Å². The van der Waals surface area contributed by atoms with Crippen molar-refractivity contribution in [1.29, 1.82) is 0 Å². The van der Waals surface area contributed by atoms with Crippen LogP contribution in [0.1, 0.15) is 41.7 Å². The second kappa shape index (κ2) is 8.92. The lowest BCUT2D eigenvalue weighted by atomic mass is 10.1. The number of anilines is 1. The molecular weight excluding hydrogens is 406 g/mol. The van der Waals surface area contributed by atoms with Crippen LogP contribution in [0.3, 0.4) is 0 Å². The lowest BCUT2D eigenvalue weighted by Gasteiger charge is -2.11. The van der Waals surface area contributed by atoms with Gasteiger partial charge in [-0.3, -0.25) is 4.79 Å². The highest BCUT2D eigenvalue weighted by Crippen LogP contribution is 2.28. The molecule has 1 atom stereocenters. The Labute approximate surface area is 178 Å². The normalized spacial score (nSPS) is 12.2. The van der Waals surface area contributed by atoms with Gasteiger partial charge in [0.2, 0.25) is 5.91 Å². The number of carbonyl (C=O) groups excluding carboxylic acids is 2. The summed E-state index contributed by atoms with van der Waals surface area (Å²) in [7, 11) is 0. The van der Waals surface area contributed by atoms with E-state index in [1.807, 2.05) is 44.2 Å². The van der Waals surface area contributed by atoms with Gasteiger partial charge in [0, 0.05) is 5.39 Å². The standard InChI is InChI=1S/C21H23N3O3S2/c1-11(2)27-20(26)18-13(4)22-21(29-18)24-19(25)14(5)28-17-10-12(3)15-8-6-7-9-16(15)23-17/h6-11,14H,1-5H3,(H,22,24,25). The number of hydrogen-bond donors (Lipinski definition) is 1. The topological polar surface area (TPSA) is 81.2 Å². The van der Waals surface area contributed by atoms with E-state index in [1.165, 1.54) is 11.8 Å². The highest BCUT2D eigenvalue weighted by Gasteiger charge is 2.21. The van der Waals surface area contributed by atoms with Crippen molar-refractivity contribution in [3.05, 3.63) is 46.5 Å². The molecule has 2 aromatic heterocycles. The van der Waals surface area contributed by atoms with Crippen molar-refractivity contribution in [2.24, 2.45) is 0 Å². The van der Waals surface area contributed by atoms with Crippen LogP contribution in [0.5, 0.6) is 0 Å². The van der Waals surface area contributed by atoms with Crippen LogP contribution in [0.15, 0.2) is 35.4 Å². The van der Waals surface area contributed by atoms with E-state index in [9.17, 15) is 9.59 Å². The minimum atomic E-state index is -0.422. The lowest BCUT2D eigenvalue weighted by Crippen LogP contribution is -2.22. The zero-order chi connectivity index (χ0) is 21.1. The minimum Gasteiger partial charge on any atom is -0.459 e. The number of aryl methyl sites for hydroxylation is 2. The molecular formula is C21H23N3O3S2. The van der Waals surface area contributed by atoms with Crippen LogP contribution in [-0.4, -0.2) is 33.2 Å². The number of thioether (sulfide) groups is 1. The van der Waals surface area contributed by atoms with Gasteiger partial charge in [-0.05, 0) is 52.3 Å². The zero-order valence-electron chi connectivity index (χ0n) is 17.0. The number of esters is 1. The number of pyridine rings is 1. The summed E-state index contributed by atoms with van der Waals surface area (Å²) in [5, 5.41) is 4.70. The predicted molar refractivity (Wildman–Crippen MR) is 118 cm³/mol. The van der Waals surface area contributed by atoms with Crippen LogP contribution in [-0.2, 0) is 9.53 Å². The van der Waals surface area contributed by atoms with E-state index in [1.54, 1.807) is 20.8 Å². The molecule has 0 aliphatic carbocycles. The quantitative estimate of drug-likeness (QED) is 0.439. The molecule has 2 heterocycles. The second-order valence-corrected chi connectivity index (χ2v) is 9.29. The number of ether oxygens (including phenoxy) is 1. The Bertz CT molecular complexity index is 1060. The van der Waals surface area contributed by atoms with Crippen LogP contribution in [0.4, 0.5) is 5.13 Å². The van der Waals surface area contributed by atoms with Gasteiger partial charge in [0.05, 0.1) is 27.6 Å². The Morgan fingerprint density at radius 3 is 2.59 bits per heavy atom. The zero-order valence-corrected chi connectivity index (χ0v) is 18.6. The number of thiazole rings is 1. The van der Waals surface area contributed by atoms with E-state index in [-0.39, 0.29) is 17.3 Å². The summed E-state index contributed by atoms with van der Waals surface area (Å²) in [6, 6.07) is 9.93. The molecule has 1 N–H and O–H groups in total. The average molecular weight is 430 g/mol. The maximum atomic E-state index is 12.6. The van der Waals surface area contributed by atoms with Gasteiger partial charge in [0.1, 0.15) is 4.88 Å². The van der Waals surface area contributed by atoms with Crippen LogP contribution in [0, 0.1) is 13.8 Å².